The van der Waals surface area contributed by atoms with Crippen LogP contribution in [-0.4, -0.2) is 47.8 Å². The number of hydrogen-bond donors (Lipinski definition) is 1. The average Bonchev–Trinajstić information content (AvgIpc) is 3.07. The number of fused-ring (bicyclic) bond motifs is 1. The lowest BCUT2D eigenvalue weighted by molar-refractivity contribution is -0.121. The number of nitrogens with one attached hydrogen (secondary N) is 1. The average molecular weight is 437 g/mol. The predicted molar refractivity (Wildman–Crippen MR) is 121 cm³/mol. The minimum atomic E-state index is -3.53. The van der Waals surface area contributed by atoms with Gasteiger partial charge in [0.25, 0.3) is 0 Å². The molecule has 2 aromatic rings. The lowest BCUT2D eigenvalue weighted by Crippen LogP contribution is -2.30. The summed E-state index contributed by atoms with van der Waals surface area (Å²) in [6.07, 6.45) is 5.09. The Balaban J connectivity index is 2.24. The Morgan fingerprint density at radius 3 is 2.47 bits per heavy atom. The van der Waals surface area contributed by atoms with E-state index in [9.17, 15) is 13.2 Å². The molecule has 1 amide bonds. The Kier molecular flexibility index (Phi) is 9.30. The minimum Gasteiger partial charge on any atom is -0.356 e. The summed E-state index contributed by atoms with van der Waals surface area (Å²) in [4.78, 5) is 17.1. The fourth-order valence-corrected chi connectivity index (χ4v) is 5.09. The highest BCUT2D eigenvalue weighted by Crippen LogP contribution is 2.24. The highest BCUT2D eigenvalue weighted by atomic mass is 32.2. The third kappa shape index (κ3) is 5.82. The molecule has 0 atom stereocenters. The minimum absolute atomic E-state index is 0.0333. The van der Waals surface area contributed by atoms with Crippen molar-refractivity contribution in [2.45, 2.75) is 77.7 Å². The van der Waals surface area contributed by atoms with Crippen molar-refractivity contribution >= 4 is 27.0 Å². The molecule has 1 aromatic carbocycles. The molecule has 0 fully saturated rings. The number of amides is 1. The first kappa shape index (κ1) is 24.3. The van der Waals surface area contributed by atoms with Crippen molar-refractivity contribution in [3.63, 3.8) is 0 Å². The SMILES string of the molecule is CCCCCNC(=O)CCc1nc2cc(S(=O)(=O)N(CC)CC)ccc2n1CCC. The van der Waals surface area contributed by atoms with Crippen LogP contribution in [0.1, 0.15) is 65.6 Å². The molecule has 168 valence electrons. The van der Waals surface area contributed by atoms with E-state index in [0.29, 0.717) is 38.0 Å². The zero-order valence-corrected chi connectivity index (χ0v) is 19.6. The summed E-state index contributed by atoms with van der Waals surface area (Å²) in [5.41, 5.74) is 1.57. The lowest BCUT2D eigenvalue weighted by atomic mass is 10.2. The fourth-order valence-electron chi connectivity index (χ4n) is 3.61. The Labute approximate surface area is 180 Å². The predicted octanol–water partition coefficient (Wildman–Crippen LogP) is 3.72. The van der Waals surface area contributed by atoms with E-state index in [4.69, 9.17) is 4.98 Å². The number of benzene rings is 1. The Hall–Kier alpha value is -1.93. The van der Waals surface area contributed by atoms with Crippen LogP contribution in [0.4, 0.5) is 0 Å². The first-order valence-electron chi connectivity index (χ1n) is 11.1. The van der Waals surface area contributed by atoms with Crippen molar-refractivity contribution in [2.24, 2.45) is 0 Å². The second kappa shape index (κ2) is 11.5. The zero-order valence-electron chi connectivity index (χ0n) is 18.8. The maximum atomic E-state index is 12.9. The van der Waals surface area contributed by atoms with Crippen LogP contribution in [0.25, 0.3) is 11.0 Å². The number of carbonyl (C=O) groups is 1. The second-order valence-electron chi connectivity index (χ2n) is 7.48. The summed E-state index contributed by atoms with van der Waals surface area (Å²) < 4.78 is 29.3. The lowest BCUT2D eigenvalue weighted by Gasteiger charge is -2.18. The number of rotatable bonds is 13. The number of imidazole rings is 1. The van der Waals surface area contributed by atoms with Crippen molar-refractivity contribution in [1.29, 1.82) is 0 Å². The van der Waals surface area contributed by atoms with Crippen LogP contribution in [0.5, 0.6) is 0 Å². The molecule has 1 N–H and O–H groups in total. The molecule has 0 aliphatic rings. The molecular weight excluding hydrogens is 400 g/mol. The van der Waals surface area contributed by atoms with Gasteiger partial charge >= 0.3 is 0 Å². The van der Waals surface area contributed by atoms with E-state index in [1.807, 2.05) is 19.9 Å². The van der Waals surface area contributed by atoms with Gasteiger partial charge in [-0.15, -0.1) is 0 Å². The van der Waals surface area contributed by atoms with Gasteiger partial charge in [-0.3, -0.25) is 4.79 Å². The molecule has 1 aromatic heterocycles. The number of aryl methyl sites for hydroxylation is 2. The summed E-state index contributed by atoms with van der Waals surface area (Å²) in [7, 11) is -3.53. The van der Waals surface area contributed by atoms with Crippen molar-refractivity contribution in [3.8, 4) is 0 Å². The van der Waals surface area contributed by atoms with E-state index in [1.54, 1.807) is 12.1 Å². The van der Waals surface area contributed by atoms with Crippen LogP contribution in [0, 0.1) is 0 Å². The van der Waals surface area contributed by atoms with Crippen molar-refractivity contribution < 1.29 is 13.2 Å². The van der Waals surface area contributed by atoms with Gasteiger partial charge < -0.3 is 9.88 Å². The molecule has 2 rings (SSSR count). The number of hydrogen-bond acceptors (Lipinski definition) is 4. The summed E-state index contributed by atoms with van der Waals surface area (Å²) in [5, 5.41) is 2.97. The van der Waals surface area contributed by atoms with Gasteiger partial charge in [-0.05, 0) is 31.0 Å². The molecular formula is C22H36N4O3S. The number of nitrogens with zero attached hydrogens (tertiary/aromatic N) is 3. The molecule has 1 heterocycles. The molecule has 0 aliphatic carbocycles. The number of sulfonamides is 1. The summed E-state index contributed by atoms with van der Waals surface area (Å²) in [6.45, 7) is 10.3. The third-order valence-electron chi connectivity index (χ3n) is 5.27. The molecule has 8 heteroatoms. The molecule has 0 saturated heterocycles. The first-order chi connectivity index (χ1) is 14.4. The van der Waals surface area contributed by atoms with Crippen LogP contribution >= 0.6 is 0 Å². The van der Waals surface area contributed by atoms with Crippen molar-refractivity contribution in [3.05, 3.63) is 24.0 Å². The van der Waals surface area contributed by atoms with Gasteiger partial charge in [0.05, 0.1) is 15.9 Å². The Morgan fingerprint density at radius 1 is 1.10 bits per heavy atom. The van der Waals surface area contributed by atoms with Gasteiger partial charge in [-0.2, -0.15) is 4.31 Å². The second-order valence-corrected chi connectivity index (χ2v) is 9.41. The van der Waals surface area contributed by atoms with E-state index < -0.39 is 10.0 Å². The topological polar surface area (TPSA) is 84.3 Å². The molecule has 0 saturated carbocycles. The third-order valence-corrected chi connectivity index (χ3v) is 7.31. The van der Waals surface area contributed by atoms with E-state index in [-0.39, 0.29) is 10.8 Å². The van der Waals surface area contributed by atoms with Gasteiger partial charge in [-0.1, -0.05) is 40.5 Å². The highest BCUT2D eigenvalue weighted by Gasteiger charge is 2.23. The zero-order chi connectivity index (χ0) is 22.1. The molecule has 0 unspecified atom stereocenters. The normalized spacial score (nSPS) is 12.0. The monoisotopic (exact) mass is 436 g/mol. The molecule has 0 radical (unpaired) electrons. The van der Waals surface area contributed by atoms with Crippen LogP contribution in [0.2, 0.25) is 0 Å². The van der Waals surface area contributed by atoms with Gasteiger partial charge in [0.15, 0.2) is 0 Å². The summed E-state index contributed by atoms with van der Waals surface area (Å²) >= 11 is 0. The Morgan fingerprint density at radius 2 is 1.83 bits per heavy atom. The van der Waals surface area contributed by atoms with Crippen LogP contribution in [0.3, 0.4) is 0 Å². The number of unbranched alkanes of at least 4 members (excludes halogenated alkanes) is 2. The van der Waals surface area contributed by atoms with E-state index in [1.165, 1.54) is 4.31 Å². The van der Waals surface area contributed by atoms with Crippen LogP contribution in [0.15, 0.2) is 23.1 Å². The van der Waals surface area contributed by atoms with Gasteiger partial charge in [0.1, 0.15) is 5.82 Å². The molecule has 0 aliphatic heterocycles. The van der Waals surface area contributed by atoms with E-state index >= 15 is 0 Å². The highest BCUT2D eigenvalue weighted by molar-refractivity contribution is 7.89. The van der Waals surface area contributed by atoms with E-state index in [0.717, 1.165) is 43.6 Å². The van der Waals surface area contributed by atoms with E-state index in [2.05, 4.69) is 23.7 Å². The summed E-state index contributed by atoms with van der Waals surface area (Å²) in [6, 6.07) is 5.15. The summed E-state index contributed by atoms with van der Waals surface area (Å²) in [5.74, 6) is 0.860. The van der Waals surface area contributed by atoms with Gasteiger partial charge in [0.2, 0.25) is 15.9 Å². The maximum Gasteiger partial charge on any atom is 0.243 e. The van der Waals surface area contributed by atoms with Gasteiger partial charge in [0, 0.05) is 39.0 Å². The molecule has 7 nitrogen and oxygen atoms in total. The van der Waals surface area contributed by atoms with Crippen molar-refractivity contribution in [2.75, 3.05) is 19.6 Å². The van der Waals surface area contributed by atoms with Crippen LogP contribution < -0.4 is 5.32 Å². The number of carbonyl (C=O) groups excluding carboxylic acids is 1. The number of aromatic nitrogens is 2. The molecule has 0 bridgehead atoms. The largest absolute Gasteiger partial charge is 0.356 e. The quantitative estimate of drug-likeness (QED) is 0.485. The molecule has 0 spiro atoms. The Bertz CT molecular complexity index is 933. The fraction of sp³-hybridized carbons (Fsp3) is 0.636. The van der Waals surface area contributed by atoms with Gasteiger partial charge in [-0.25, -0.2) is 13.4 Å². The maximum absolute atomic E-state index is 12.9. The molecule has 30 heavy (non-hydrogen) atoms. The first-order valence-corrected chi connectivity index (χ1v) is 12.6. The van der Waals surface area contributed by atoms with Crippen LogP contribution in [-0.2, 0) is 27.8 Å². The van der Waals surface area contributed by atoms with Crippen molar-refractivity contribution in [1.82, 2.24) is 19.2 Å². The smallest absolute Gasteiger partial charge is 0.243 e. The standard InChI is InChI=1S/C22H36N4O3S/c1-5-9-10-15-23-22(27)14-13-21-24-19-17-18(30(28,29)25(7-3)8-4)11-12-20(19)26(21)16-6-2/h11-12,17H,5-10,13-16H2,1-4H3,(H,23,27).